The summed E-state index contributed by atoms with van der Waals surface area (Å²) < 4.78 is 14.9. The molecular formula is C14H10FN3. The van der Waals surface area contributed by atoms with Crippen molar-refractivity contribution >= 4 is 0 Å². The third-order valence-electron chi connectivity index (χ3n) is 2.65. The number of hydrogen-bond donors (Lipinski definition) is 0. The van der Waals surface area contributed by atoms with Gasteiger partial charge in [-0.25, -0.2) is 9.07 Å². The lowest BCUT2D eigenvalue weighted by molar-refractivity contribution is 0.618. The maximum Gasteiger partial charge on any atom is 0.143 e. The predicted octanol–water partition coefficient (Wildman–Crippen LogP) is 3.07. The molecule has 0 radical (unpaired) electrons. The van der Waals surface area contributed by atoms with Crippen LogP contribution in [0.5, 0.6) is 0 Å². The summed E-state index contributed by atoms with van der Waals surface area (Å²) >= 11 is 0. The van der Waals surface area contributed by atoms with Crippen molar-refractivity contribution < 1.29 is 4.39 Å². The monoisotopic (exact) mass is 239 g/mol. The van der Waals surface area contributed by atoms with Gasteiger partial charge in [0.15, 0.2) is 0 Å². The van der Waals surface area contributed by atoms with Crippen molar-refractivity contribution in [1.29, 1.82) is 0 Å². The van der Waals surface area contributed by atoms with Crippen LogP contribution in [0.15, 0.2) is 61.1 Å². The largest absolute Gasteiger partial charge is 0.259 e. The standard InChI is InChI=1S/C14H10FN3/c15-12-8-13(10-16-9-12)18-14(6-7-17-18)11-4-2-1-3-5-11/h1-10H. The van der Waals surface area contributed by atoms with E-state index in [1.165, 1.54) is 12.3 Å². The molecule has 2 heterocycles. The molecule has 3 aromatic rings. The summed E-state index contributed by atoms with van der Waals surface area (Å²) in [4.78, 5) is 3.84. The minimum atomic E-state index is -0.373. The molecule has 2 aromatic heterocycles. The fourth-order valence-corrected chi connectivity index (χ4v) is 1.85. The van der Waals surface area contributed by atoms with E-state index in [0.717, 1.165) is 11.3 Å². The van der Waals surface area contributed by atoms with Gasteiger partial charge in [0.25, 0.3) is 0 Å². The maximum atomic E-state index is 13.2. The summed E-state index contributed by atoms with van der Waals surface area (Å²) in [6, 6.07) is 13.1. The van der Waals surface area contributed by atoms with Crippen LogP contribution in [0.3, 0.4) is 0 Å². The normalized spacial score (nSPS) is 10.5. The first-order valence-corrected chi connectivity index (χ1v) is 5.55. The van der Waals surface area contributed by atoms with E-state index in [2.05, 4.69) is 10.1 Å². The van der Waals surface area contributed by atoms with Crippen molar-refractivity contribution in [2.24, 2.45) is 0 Å². The van der Waals surface area contributed by atoms with E-state index >= 15 is 0 Å². The highest BCUT2D eigenvalue weighted by molar-refractivity contribution is 5.61. The molecule has 4 heteroatoms. The second-order valence-electron chi connectivity index (χ2n) is 3.86. The number of pyridine rings is 1. The molecule has 0 unspecified atom stereocenters. The van der Waals surface area contributed by atoms with E-state index in [0.29, 0.717) is 5.69 Å². The van der Waals surface area contributed by atoms with E-state index < -0.39 is 0 Å². The Morgan fingerprint density at radius 2 is 1.83 bits per heavy atom. The van der Waals surface area contributed by atoms with Gasteiger partial charge in [-0.05, 0) is 6.07 Å². The van der Waals surface area contributed by atoms with E-state index in [-0.39, 0.29) is 5.82 Å². The highest BCUT2D eigenvalue weighted by Crippen LogP contribution is 2.21. The number of benzene rings is 1. The van der Waals surface area contributed by atoms with Gasteiger partial charge in [0.05, 0.1) is 30.0 Å². The highest BCUT2D eigenvalue weighted by atomic mass is 19.1. The van der Waals surface area contributed by atoms with Crippen LogP contribution in [0.4, 0.5) is 4.39 Å². The number of rotatable bonds is 2. The van der Waals surface area contributed by atoms with Crippen LogP contribution in [0.2, 0.25) is 0 Å². The molecule has 0 aliphatic heterocycles. The van der Waals surface area contributed by atoms with Gasteiger partial charge < -0.3 is 0 Å². The Balaban J connectivity index is 2.13. The van der Waals surface area contributed by atoms with Crippen LogP contribution < -0.4 is 0 Å². The van der Waals surface area contributed by atoms with Crippen molar-refractivity contribution in [3.05, 3.63) is 66.9 Å². The minimum Gasteiger partial charge on any atom is -0.259 e. The third-order valence-corrected chi connectivity index (χ3v) is 2.65. The Hall–Kier alpha value is -2.49. The molecule has 0 spiro atoms. The smallest absolute Gasteiger partial charge is 0.143 e. The van der Waals surface area contributed by atoms with Crippen molar-refractivity contribution in [3.8, 4) is 16.9 Å². The zero-order chi connectivity index (χ0) is 12.4. The third kappa shape index (κ3) is 1.88. The van der Waals surface area contributed by atoms with Crippen LogP contribution in [-0.2, 0) is 0 Å². The minimum absolute atomic E-state index is 0.373. The van der Waals surface area contributed by atoms with Crippen LogP contribution >= 0.6 is 0 Å². The second-order valence-corrected chi connectivity index (χ2v) is 3.86. The number of halogens is 1. The molecule has 0 atom stereocenters. The van der Waals surface area contributed by atoms with E-state index in [4.69, 9.17) is 0 Å². The average Bonchev–Trinajstić information content (AvgIpc) is 2.89. The van der Waals surface area contributed by atoms with Gasteiger partial charge in [-0.2, -0.15) is 5.10 Å². The van der Waals surface area contributed by atoms with Gasteiger partial charge in [-0.3, -0.25) is 4.98 Å². The summed E-state index contributed by atoms with van der Waals surface area (Å²) in [5.41, 5.74) is 2.54. The average molecular weight is 239 g/mol. The fourth-order valence-electron chi connectivity index (χ4n) is 1.85. The summed E-state index contributed by atoms with van der Waals surface area (Å²) in [5.74, 6) is -0.373. The molecule has 0 aliphatic carbocycles. The molecule has 0 saturated carbocycles. The van der Waals surface area contributed by atoms with Crippen molar-refractivity contribution in [2.75, 3.05) is 0 Å². The van der Waals surface area contributed by atoms with E-state index in [1.54, 1.807) is 17.1 Å². The van der Waals surface area contributed by atoms with Crippen LogP contribution in [0.25, 0.3) is 16.9 Å². The van der Waals surface area contributed by atoms with Gasteiger partial charge in [-0.1, -0.05) is 30.3 Å². The SMILES string of the molecule is Fc1cncc(-n2nccc2-c2ccccc2)c1. The molecule has 18 heavy (non-hydrogen) atoms. The Morgan fingerprint density at radius 1 is 1.00 bits per heavy atom. The first-order valence-electron chi connectivity index (χ1n) is 5.55. The molecule has 3 nitrogen and oxygen atoms in total. The molecular weight excluding hydrogens is 229 g/mol. The molecule has 1 aromatic carbocycles. The lowest BCUT2D eigenvalue weighted by Crippen LogP contribution is -2.00. The van der Waals surface area contributed by atoms with E-state index in [9.17, 15) is 4.39 Å². The molecule has 88 valence electrons. The zero-order valence-electron chi connectivity index (χ0n) is 9.49. The maximum absolute atomic E-state index is 13.2. The van der Waals surface area contributed by atoms with Gasteiger partial charge in [0.2, 0.25) is 0 Å². The van der Waals surface area contributed by atoms with Crippen molar-refractivity contribution in [3.63, 3.8) is 0 Å². The van der Waals surface area contributed by atoms with Gasteiger partial charge in [-0.15, -0.1) is 0 Å². The molecule has 0 N–H and O–H groups in total. The lowest BCUT2D eigenvalue weighted by Gasteiger charge is -2.07. The van der Waals surface area contributed by atoms with Gasteiger partial charge in [0, 0.05) is 11.6 Å². The Labute approximate surface area is 104 Å². The zero-order valence-corrected chi connectivity index (χ0v) is 9.49. The molecule has 0 aliphatic rings. The van der Waals surface area contributed by atoms with Crippen LogP contribution in [0, 0.1) is 5.82 Å². The number of nitrogens with zero attached hydrogens (tertiary/aromatic N) is 3. The lowest BCUT2D eigenvalue weighted by atomic mass is 10.1. The molecule has 0 saturated heterocycles. The molecule has 0 amide bonds. The topological polar surface area (TPSA) is 30.7 Å². The molecule has 0 fully saturated rings. The Kier molecular flexibility index (Phi) is 2.61. The summed E-state index contributed by atoms with van der Waals surface area (Å²) in [6.45, 7) is 0. The Morgan fingerprint density at radius 3 is 2.61 bits per heavy atom. The predicted molar refractivity (Wildman–Crippen MR) is 66.8 cm³/mol. The highest BCUT2D eigenvalue weighted by Gasteiger charge is 2.07. The van der Waals surface area contributed by atoms with Crippen molar-refractivity contribution in [2.45, 2.75) is 0 Å². The van der Waals surface area contributed by atoms with Gasteiger partial charge >= 0.3 is 0 Å². The summed E-state index contributed by atoms with van der Waals surface area (Å²) in [7, 11) is 0. The molecule has 0 bridgehead atoms. The van der Waals surface area contributed by atoms with Gasteiger partial charge in [0.1, 0.15) is 5.82 Å². The molecule has 3 rings (SSSR count). The Bertz CT molecular complexity index is 662. The van der Waals surface area contributed by atoms with Crippen LogP contribution in [-0.4, -0.2) is 14.8 Å². The summed E-state index contributed by atoms with van der Waals surface area (Å²) in [5, 5.41) is 4.21. The summed E-state index contributed by atoms with van der Waals surface area (Å²) in [6.07, 6.45) is 4.45. The first kappa shape index (κ1) is 10.7. The van der Waals surface area contributed by atoms with E-state index in [1.807, 2.05) is 36.4 Å². The quantitative estimate of drug-likeness (QED) is 0.688. The number of aromatic nitrogens is 3. The second kappa shape index (κ2) is 4.41. The van der Waals surface area contributed by atoms with Crippen molar-refractivity contribution in [1.82, 2.24) is 14.8 Å². The fraction of sp³-hybridized carbons (Fsp3) is 0. The number of hydrogen-bond acceptors (Lipinski definition) is 2. The van der Waals surface area contributed by atoms with Crippen LogP contribution in [0.1, 0.15) is 0 Å². The first-order chi connectivity index (χ1) is 8.84.